The number of nitrogens with zero attached hydrogens (tertiary/aromatic N) is 5. The molecule has 0 spiro atoms. The van der Waals surface area contributed by atoms with Crippen molar-refractivity contribution >= 4 is 41.5 Å². The van der Waals surface area contributed by atoms with Crippen LogP contribution >= 0.6 is 24.0 Å². The summed E-state index contributed by atoms with van der Waals surface area (Å²) < 4.78 is 1.82. The highest BCUT2D eigenvalue weighted by molar-refractivity contribution is 14.0. The largest absolute Gasteiger partial charge is 0.368 e. The first-order chi connectivity index (χ1) is 13.7. The molecule has 2 heterocycles. The van der Waals surface area contributed by atoms with Gasteiger partial charge in [0.25, 0.3) is 0 Å². The first-order valence-electron chi connectivity index (χ1n) is 9.66. The van der Waals surface area contributed by atoms with Gasteiger partial charge in [0.1, 0.15) is 0 Å². The summed E-state index contributed by atoms with van der Waals surface area (Å²) in [5, 5.41) is 10.6. The standard InChI is InChI=1S/C20H29N7O.HI/c1-21-20(23-16-18-8-11-24-25(18)2)22-10-9-19(28)27-14-12-26(13-15-27)17-6-4-3-5-7-17;/h3-8,11H,9-10,12-16H2,1-2H3,(H2,21,22,23);1H. The van der Waals surface area contributed by atoms with Crippen molar-refractivity contribution in [3.63, 3.8) is 0 Å². The van der Waals surface area contributed by atoms with Gasteiger partial charge < -0.3 is 20.4 Å². The molecule has 158 valence electrons. The summed E-state index contributed by atoms with van der Waals surface area (Å²) in [6.45, 7) is 4.46. The molecule has 0 radical (unpaired) electrons. The van der Waals surface area contributed by atoms with Gasteiger partial charge in [-0.2, -0.15) is 5.10 Å². The Balaban J connectivity index is 0.00000300. The van der Waals surface area contributed by atoms with E-state index in [1.165, 1.54) is 5.69 Å². The number of nitrogens with one attached hydrogen (secondary N) is 2. The van der Waals surface area contributed by atoms with Crippen LogP contribution in [0.1, 0.15) is 12.1 Å². The summed E-state index contributed by atoms with van der Waals surface area (Å²) in [7, 11) is 3.63. The van der Waals surface area contributed by atoms with Crippen LogP contribution < -0.4 is 15.5 Å². The van der Waals surface area contributed by atoms with Crippen LogP contribution in [-0.2, 0) is 18.4 Å². The van der Waals surface area contributed by atoms with E-state index in [0.717, 1.165) is 31.9 Å². The molecule has 1 amide bonds. The number of benzene rings is 1. The van der Waals surface area contributed by atoms with Gasteiger partial charge in [-0.3, -0.25) is 14.5 Å². The summed E-state index contributed by atoms with van der Waals surface area (Å²) in [5.74, 6) is 0.866. The number of aromatic nitrogens is 2. The van der Waals surface area contributed by atoms with Crippen LogP contribution in [0.15, 0.2) is 47.6 Å². The van der Waals surface area contributed by atoms with E-state index in [2.05, 4.69) is 37.8 Å². The molecule has 0 bridgehead atoms. The zero-order valence-corrected chi connectivity index (χ0v) is 19.4. The number of para-hydroxylation sites is 1. The molecule has 9 heteroatoms. The predicted octanol–water partition coefficient (Wildman–Crippen LogP) is 1.44. The maximum absolute atomic E-state index is 12.5. The maximum atomic E-state index is 12.5. The summed E-state index contributed by atoms with van der Waals surface area (Å²) in [6.07, 6.45) is 2.22. The van der Waals surface area contributed by atoms with E-state index in [0.29, 0.717) is 25.5 Å². The summed E-state index contributed by atoms with van der Waals surface area (Å²) in [5.41, 5.74) is 2.29. The molecule has 1 aromatic heterocycles. The summed E-state index contributed by atoms with van der Waals surface area (Å²) >= 11 is 0. The average molecular weight is 511 g/mol. The van der Waals surface area contributed by atoms with Crippen LogP contribution in [0.25, 0.3) is 0 Å². The van der Waals surface area contributed by atoms with Crippen molar-refractivity contribution in [1.29, 1.82) is 0 Å². The Bertz CT molecular complexity index is 785. The zero-order valence-electron chi connectivity index (χ0n) is 17.0. The quantitative estimate of drug-likeness (QED) is 0.349. The fourth-order valence-corrected chi connectivity index (χ4v) is 3.27. The minimum absolute atomic E-state index is 0. The lowest BCUT2D eigenvalue weighted by molar-refractivity contribution is -0.131. The smallest absolute Gasteiger partial charge is 0.224 e. The highest BCUT2D eigenvalue weighted by Crippen LogP contribution is 2.15. The first kappa shape index (κ1) is 23.0. The molecule has 1 aromatic carbocycles. The van der Waals surface area contributed by atoms with Gasteiger partial charge in [-0.1, -0.05) is 18.2 Å². The van der Waals surface area contributed by atoms with Gasteiger partial charge in [0.15, 0.2) is 5.96 Å². The minimum atomic E-state index is 0. The van der Waals surface area contributed by atoms with E-state index < -0.39 is 0 Å². The predicted molar refractivity (Wildman–Crippen MR) is 127 cm³/mol. The van der Waals surface area contributed by atoms with E-state index in [1.807, 2.05) is 40.9 Å². The van der Waals surface area contributed by atoms with Gasteiger partial charge >= 0.3 is 0 Å². The number of guanidine groups is 1. The number of amides is 1. The number of hydrogen-bond donors (Lipinski definition) is 2. The number of halogens is 1. The number of aliphatic imine (C=N–C) groups is 1. The first-order valence-corrected chi connectivity index (χ1v) is 9.66. The molecule has 0 atom stereocenters. The number of piperazine rings is 1. The Labute approximate surface area is 189 Å². The number of aryl methyl sites for hydroxylation is 1. The number of carbonyl (C=O) groups is 1. The fourth-order valence-electron chi connectivity index (χ4n) is 3.27. The molecule has 1 fully saturated rings. The van der Waals surface area contributed by atoms with Crippen LogP contribution in [0.2, 0.25) is 0 Å². The Morgan fingerprint density at radius 2 is 1.83 bits per heavy atom. The van der Waals surface area contributed by atoms with E-state index >= 15 is 0 Å². The Kier molecular flexibility index (Phi) is 9.23. The third-order valence-electron chi connectivity index (χ3n) is 4.97. The zero-order chi connectivity index (χ0) is 19.8. The van der Waals surface area contributed by atoms with Crippen LogP contribution in [0.4, 0.5) is 5.69 Å². The third kappa shape index (κ3) is 6.62. The number of carbonyl (C=O) groups excluding carboxylic acids is 1. The second kappa shape index (κ2) is 11.6. The van der Waals surface area contributed by atoms with Crippen LogP contribution in [0.3, 0.4) is 0 Å². The van der Waals surface area contributed by atoms with E-state index in [-0.39, 0.29) is 29.9 Å². The van der Waals surface area contributed by atoms with Gasteiger partial charge in [0.05, 0.1) is 12.2 Å². The van der Waals surface area contributed by atoms with Crippen LogP contribution in [0, 0.1) is 0 Å². The summed E-state index contributed by atoms with van der Waals surface area (Å²) in [6, 6.07) is 12.3. The average Bonchev–Trinajstić information content (AvgIpc) is 3.16. The van der Waals surface area contributed by atoms with Crippen molar-refractivity contribution < 1.29 is 4.79 Å². The van der Waals surface area contributed by atoms with Crippen molar-refractivity contribution in [3.8, 4) is 0 Å². The Morgan fingerprint density at radius 3 is 2.45 bits per heavy atom. The van der Waals surface area contributed by atoms with Crippen LogP contribution in [0.5, 0.6) is 0 Å². The molecular weight excluding hydrogens is 481 g/mol. The molecule has 0 aliphatic carbocycles. The number of anilines is 1. The molecule has 8 nitrogen and oxygen atoms in total. The van der Waals surface area contributed by atoms with Crippen molar-refractivity contribution in [3.05, 3.63) is 48.3 Å². The van der Waals surface area contributed by atoms with Gasteiger partial charge in [-0.15, -0.1) is 24.0 Å². The van der Waals surface area contributed by atoms with Gasteiger partial charge in [-0.05, 0) is 18.2 Å². The molecule has 3 rings (SSSR count). The SMILES string of the molecule is CN=C(NCCC(=O)N1CCN(c2ccccc2)CC1)NCc1ccnn1C.I. The highest BCUT2D eigenvalue weighted by atomic mass is 127. The second-order valence-electron chi connectivity index (χ2n) is 6.75. The maximum Gasteiger partial charge on any atom is 0.224 e. The number of hydrogen-bond acceptors (Lipinski definition) is 4. The third-order valence-corrected chi connectivity index (χ3v) is 4.97. The van der Waals surface area contributed by atoms with E-state index in [1.54, 1.807) is 13.2 Å². The van der Waals surface area contributed by atoms with Crippen molar-refractivity contribution in [2.45, 2.75) is 13.0 Å². The topological polar surface area (TPSA) is 77.8 Å². The second-order valence-corrected chi connectivity index (χ2v) is 6.75. The van der Waals surface area contributed by atoms with E-state index in [9.17, 15) is 4.79 Å². The van der Waals surface area contributed by atoms with Crippen LogP contribution in [-0.4, -0.2) is 66.3 Å². The lowest BCUT2D eigenvalue weighted by Gasteiger charge is -2.36. The highest BCUT2D eigenvalue weighted by Gasteiger charge is 2.20. The molecule has 0 saturated carbocycles. The normalized spacial score (nSPS) is 14.3. The molecular formula is C20H30IN7O. The number of rotatable bonds is 6. The Hall–Kier alpha value is -2.30. The molecule has 1 saturated heterocycles. The van der Waals surface area contributed by atoms with E-state index in [4.69, 9.17) is 0 Å². The lowest BCUT2D eigenvalue weighted by atomic mass is 10.2. The van der Waals surface area contributed by atoms with Gasteiger partial charge in [0, 0.05) is 65.1 Å². The lowest BCUT2D eigenvalue weighted by Crippen LogP contribution is -2.49. The minimum Gasteiger partial charge on any atom is -0.368 e. The monoisotopic (exact) mass is 511 g/mol. The molecule has 2 N–H and O–H groups in total. The molecule has 1 aliphatic heterocycles. The van der Waals surface area contributed by atoms with Gasteiger partial charge in [0.2, 0.25) is 5.91 Å². The summed E-state index contributed by atoms with van der Waals surface area (Å²) in [4.78, 5) is 21.0. The van der Waals surface area contributed by atoms with Crippen molar-refractivity contribution in [2.75, 3.05) is 44.7 Å². The van der Waals surface area contributed by atoms with Crippen molar-refractivity contribution in [1.82, 2.24) is 25.3 Å². The van der Waals surface area contributed by atoms with Crippen molar-refractivity contribution in [2.24, 2.45) is 12.0 Å². The fraction of sp³-hybridized carbons (Fsp3) is 0.450. The van der Waals surface area contributed by atoms with Gasteiger partial charge in [-0.25, -0.2) is 0 Å². The molecule has 1 aliphatic rings. The molecule has 2 aromatic rings. The Morgan fingerprint density at radius 1 is 1.10 bits per heavy atom. The molecule has 0 unspecified atom stereocenters. The molecule has 29 heavy (non-hydrogen) atoms.